The molecular weight excluding hydrogens is 1120 g/mol. The number of aromatic hydroxyl groups is 2. The number of phenolic OH excluding ortho intramolecular Hbond substituents is 2. The Hall–Kier alpha value is -8.31. The minimum absolute atomic E-state index is 0.0152. The van der Waals surface area contributed by atoms with Crippen LogP contribution in [0.4, 0.5) is 10.5 Å². The summed E-state index contributed by atoms with van der Waals surface area (Å²) in [4.78, 5) is 117. The zero-order valence-corrected chi connectivity index (χ0v) is 45.6. The molecule has 1 saturated heterocycles. The van der Waals surface area contributed by atoms with E-state index in [1.807, 2.05) is 0 Å². The van der Waals surface area contributed by atoms with Crippen molar-refractivity contribution >= 4 is 82.5 Å². The van der Waals surface area contributed by atoms with Crippen LogP contribution in [0.15, 0.2) is 78.9 Å². The van der Waals surface area contributed by atoms with E-state index < -0.39 is 90.3 Å². The van der Waals surface area contributed by atoms with E-state index in [1.165, 1.54) is 12.1 Å². The number of carbonyl (C=O) groups is 9. The third-order valence-corrected chi connectivity index (χ3v) is 13.0. The highest BCUT2D eigenvalue weighted by Crippen LogP contribution is 2.28. The van der Waals surface area contributed by atoms with Crippen molar-refractivity contribution in [1.29, 1.82) is 0 Å². The molecule has 12 N–H and O–H groups in total. The molecule has 5 rings (SSSR count). The fraction of sp³-hybridized carbons (Fsp3) is 0.377. The van der Waals surface area contributed by atoms with Gasteiger partial charge in [-0.1, -0.05) is 47.5 Å². The fourth-order valence-electron chi connectivity index (χ4n) is 8.49. The Morgan fingerprint density at radius 2 is 1.15 bits per heavy atom. The van der Waals surface area contributed by atoms with Crippen LogP contribution < -0.4 is 31.3 Å². The molecule has 1 fully saturated rings. The lowest BCUT2D eigenvalue weighted by Gasteiger charge is -2.37. The number of carbonyl (C=O) groups excluding carboxylic acids is 4. The van der Waals surface area contributed by atoms with Crippen LogP contribution >= 0.6 is 23.2 Å². The molecular formula is C53H63Cl2N9O18. The van der Waals surface area contributed by atoms with Crippen molar-refractivity contribution in [2.24, 2.45) is 0 Å². The van der Waals surface area contributed by atoms with Crippen LogP contribution in [-0.4, -0.2) is 226 Å². The Morgan fingerprint density at radius 3 is 1.74 bits per heavy atom. The summed E-state index contributed by atoms with van der Waals surface area (Å²) in [6, 6.07) is 16.3. The molecule has 2 atom stereocenters. The minimum atomic E-state index is -1.66. The van der Waals surface area contributed by atoms with Gasteiger partial charge in [0.05, 0.1) is 55.0 Å². The number of carboxylic acid groups (broad SMARTS) is 5. The van der Waals surface area contributed by atoms with Crippen LogP contribution in [0.3, 0.4) is 0 Å². The number of aliphatic carboxylic acids is 5. The second-order valence-electron chi connectivity index (χ2n) is 18.7. The predicted octanol–water partition coefficient (Wildman–Crippen LogP) is 1.64. The highest BCUT2D eigenvalue weighted by Gasteiger charge is 2.29. The molecule has 1 heterocycles. The van der Waals surface area contributed by atoms with Crippen LogP contribution in [0, 0.1) is 0 Å². The van der Waals surface area contributed by atoms with Gasteiger partial charge in [-0.3, -0.25) is 53.2 Å². The van der Waals surface area contributed by atoms with E-state index >= 15 is 0 Å². The van der Waals surface area contributed by atoms with Gasteiger partial charge >= 0.3 is 35.9 Å². The van der Waals surface area contributed by atoms with Crippen molar-refractivity contribution in [3.63, 3.8) is 0 Å². The number of nitrogens with one attached hydrogen (secondary N) is 5. The molecule has 0 spiro atoms. The van der Waals surface area contributed by atoms with Gasteiger partial charge in [-0.15, -0.1) is 0 Å². The van der Waals surface area contributed by atoms with Gasteiger partial charge in [0, 0.05) is 94.4 Å². The van der Waals surface area contributed by atoms with Crippen LogP contribution in [0.25, 0.3) is 0 Å². The second-order valence-corrected chi connectivity index (χ2v) is 19.5. The maximum Gasteiger partial charge on any atom is 0.328 e. The molecule has 0 saturated carbocycles. The van der Waals surface area contributed by atoms with Crippen LogP contribution in [0.1, 0.15) is 42.2 Å². The number of hydrogen-bond donors (Lipinski definition) is 12. The van der Waals surface area contributed by atoms with Crippen molar-refractivity contribution in [3.8, 4) is 17.2 Å². The molecule has 0 bridgehead atoms. The average Bonchev–Trinajstić information content (AvgIpc) is 3.55. The molecule has 29 heteroatoms. The second kappa shape index (κ2) is 32.2. The molecule has 27 nitrogen and oxygen atoms in total. The maximum atomic E-state index is 13.1. The van der Waals surface area contributed by atoms with Crippen LogP contribution in [-0.2, 0) is 41.7 Å². The Balaban J connectivity index is 1.05. The van der Waals surface area contributed by atoms with E-state index in [-0.39, 0.29) is 132 Å². The number of ether oxygens (including phenoxy) is 2. The Labute approximate surface area is 479 Å². The lowest BCUT2D eigenvalue weighted by atomic mass is 10.0. The molecule has 4 aromatic rings. The summed E-state index contributed by atoms with van der Waals surface area (Å²) in [6.07, 6.45) is 0.253. The third-order valence-electron chi connectivity index (χ3n) is 12.4. The highest BCUT2D eigenvalue weighted by atomic mass is 35.5. The van der Waals surface area contributed by atoms with E-state index in [9.17, 15) is 78.9 Å². The summed E-state index contributed by atoms with van der Waals surface area (Å²) in [7, 11) is 0. The monoisotopic (exact) mass is 1180 g/mol. The predicted molar refractivity (Wildman–Crippen MR) is 294 cm³/mol. The molecule has 82 heavy (non-hydrogen) atoms. The van der Waals surface area contributed by atoms with E-state index in [1.54, 1.807) is 68.1 Å². The Kier molecular flexibility index (Phi) is 25.3. The lowest BCUT2D eigenvalue weighted by molar-refractivity contribution is -0.142. The van der Waals surface area contributed by atoms with Gasteiger partial charge in [0.1, 0.15) is 29.9 Å². The summed E-state index contributed by atoms with van der Waals surface area (Å²) in [5.41, 5.74) is 1.31. The average molecular weight is 1190 g/mol. The molecule has 0 aromatic heterocycles. The standard InChI is InChI=1S/C53H63Cl2N9O18/c54-41-22-35(23-42(55)48(41)51(77)60-43(52(78)79)26-58-49(75)34-20-38(65)24-39(66)21-34)50(76)57-25-33-2-1-3-40(19-33)82-17-16-81-15-8-56-53(80)59-36-6-4-32(5-7-36)18-37-27-63(30-46(71)72)12-11-61(28-44(67)68)9-10-62(29-45(69)70)13-14-64(37)31-47(73)74/h1-7,19-24,37,43,65-66H,8-18,25-31H2,(H,57,76)(H,58,75)(H,60,77)(H,67,68)(H,69,70)(H,71,72)(H,73,74)(H,78,79)(H2,56,59,80)/t37?,43-/m0/s1. The number of rotatable bonds is 27. The highest BCUT2D eigenvalue weighted by molar-refractivity contribution is 6.40. The number of phenols is 2. The number of nitrogens with zero attached hydrogens (tertiary/aromatic N) is 4. The summed E-state index contributed by atoms with van der Waals surface area (Å²) in [5, 5.41) is 79.8. The molecule has 1 unspecified atom stereocenters. The molecule has 442 valence electrons. The van der Waals surface area contributed by atoms with Crippen molar-refractivity contribution in [3.05, 3.63) is 117 Å². The number of anilines is 1. The first-order valence-electron chi connectivity index (χ1n) is 25.4. The largest absolute Gasteiger partial charge is 0.508 e. The fourth-order valence-corrected chi connectivity index (χ4v) is 9.15. The normalized spacial score (nSPS) is 15.1. The smallest absolute Gasteiger partial charge is 0.328 e. The Morgan fingerprint density at radius 1 is 0.585 bits per heavy atom. The van der Waals surface area contributed by atoms with Crippen molar-refractivity contribution < 1.29 is 88.4 Å². The molecule has 5 amide bonds. The zero-order chi connectivity index (χ0) is 59.9. The van der Waals surface area contributed by atoms with Gasteiger partial charge < -0.3 is 71.8 Å². The lowest BCUT2D eigenvalue weighted by Crippen LogP contribution is -2.53. The summed E-state index contributed by atoms with van der Waals surface area (Å²) < 4.78 is 11.4. The van der Waals surface area contributed by atoms with Gasteiger partial charge in [-0.2, -0.15) is 0 Å². The molecule has 1 aliphatic heterocycles. The maximum absolute atomic E-state index is 13.1. The van der Waals surface area contributed by atoms with Gasteiger partial charge in [0.25, 0.3) is 17.7 Å². The van der Waals surface area contributed by atoms with E-state index in [0.29, 0.717) is 17.0 Å². The van der Waals surface area contributed by atoms with Crippen molar-refractivity contribution in [1.82, 2.24) is 40.9 Å². The molecule has 0 aliphatic carbocycles. The van der Waals surface area contributed by atoms with E-state index in [2.05, 4.69) is 26.6 Å². The first kappa shape index (κ1) is 64.5. The van der Waals surface area contributed by atoms with Gasteiger partial charge in [-0.05, 0) is 66.1 Å². The first-order chi connectivity index (χ1) is 39.0. The van der Waals surface area contributed by atoms with Gasteiger partial charge in [-0.25, -0.2) is 9.59 Å². The number of halogens is 2. The van der Waals surface area contributed by atoms with E-state index in [0.717, 1.165) is 23.8 Å². The molecule has 0 radical (unpaired) electrons. The number of benzene rings is 4. The quantitative estimate of drug-likeness (QED) is 0.0378. The molecule has 1 aliphatic rings. The van der Waals surface area contributed by atoms with E-state index in [4.69, 9.17) is 32.7 Å². The Bertz CT molecular complexity index is 2880. The topological polar surface area (TPSA) is 387 Å². The number of carboxylic acids is 5. The van der Waals surface area contributed by atoms with Crippen molar-refractivity contribution in [2.75, 3.05) is 110 Å². The summed E-state index contributed by atoms with van der Waals surface area (Å²) >= 11 is 12.7. The number of hydrogen-bond acceptors (Lipinski definition) is 17. The SMILES string of the molecule is O=C(O)CN1CCN(CC(=O)O)CCN(CC(=O)O)C(Cc2ccc(NC(=O)NCCOCCOc3cccc(CNC(=O)c4cc(Cl)c(C(=O)N[C@@H](CNC(=O)c5cc(O)cc(O)c5)C(=O)O)c(Cl)c4)c3)cc2)CN(CC(=O)O)CC1. The summed E-state index contributed by atoms with van der Waals surface area (Å²) in [5.74, 6) is -8.79. The third kappa shape index (κ3) is 22.3. The van der Waals surface area contributed by atoms with Crippen molar-refractivity contribution in [2.45, 2.75) is 25.0 Å². The van der Waals surface area contributed by atoms with Gasteiger partial charge in [0.2, 0.25) is 0 Å². The number of urea groups is 1. The first-order valence-corrected chi connectivity index (χ1v) is 26.1. The minimum Gasteiger partial charge on any atom is -0.508 e. The van der Waals surface area contributed by atoms with Gasteiger partial charge in [0.15, 0.2) is 0 Å². The number of amides is 5. The molecule has 4 aromatic carbocycles. The van der Waals surface area contributed by atoms with Crippen LogP contribution in [0.2, 0.25) is 10.0 Å². The van der Waals surface area contributed by atoms with Crippen LogP contribution in [0.5, 0.6) is 17.2 Å². The zero-order valence-electron chi connectivity index (χ0n) is 44.1. The summed E-state index contributed by atoms with van der Waals surface area (Å²) in [6.45, 7) is -0.433.